The van der Waals surface area contributed by atoms with Crippen LogP contribution >= 0.6 is 11.6 Å². The zero-order chi connectivity index (χ0) is 23.0. The maximum Gasteiger partial charge on any atom is 0.264 e. The van der Waals surface area contributed by atoms with E-state index in [4.69, 9.17) is 11.6 Å². The van der Waals surface area contributed by atoms with Gasteiger partial charge < -0.3 is 15.0 Å². The van der Waals surface area contributed by atoms with Crippen molar-refractivity contribution < 1.29 is 14.7 Å². The summed E-state index contributed by atoms with van der Waals surface area (Å²) in [6.07, 6.45) is 6.08. The second-order valence-electron chi connectivity index (χ2n) is 8.28. The molecule has 4 aromatic rings. The van der Waals surface area contributed by atoms with Gasteiger partial charge in [0.1, 0.15) is 0 Å². The Morgan fingerprint density at radius 1 is 1.15 bits per heavy atom. The van der Waals surface area contributed by atoms with Gasteiger partial charge in [-0.15, -0.1) is 0 Å². The summed E-state index contributed by atoms with van der Waals surface area (Å²) in [7, 11) is 0. The van der Waals surface area contributed by atoms with Crippen molar-refractivity contribution in [3.8, 4) is 0 Å². The predicted octanol–water partition coefficient (Wildman–Crippen LogP) is 4.66. The van der Waals surface area contributed by atoms with Gasteiger partial charge in [0.05, 0.1) is 12.1 Å². The average molecular weight is 460 g/mol. The summed E-state index contributed by atoms with van der Waals surface area (Å²) >= 11 is 6.15. The molecule has 33 heavy (non-hydrogen) atoms. The van der Waals surface area contributed by atoms with Gasteiger partial charge >= 0.3 is 0 Å². The standard InChI is InChI=1S/C26H22ClN3O3/c27-19-9-10-22-20(13-19)17(16-29-22)6-4-12-30-23-8-2-1-7-21(23)26(33,25(30)32)14-24(31)18-5-3-11-28-15-18/h1-3,5,7-11,13,15-16,29,33H,4,6,12,14H2/t26-/m1/s1. The van der Waals surface area contributed by atoms with Gasteiger partial charge in [-0.2, -0.15) is 0 Å². The molecule has 7 heteroatoms. The fourth-order valence-corrected chi connectivity index (χ4v) is 4.72. The third-order valence-electron chi connectivity index (χ3n) is 6.20. The van der Waals surface area contributed by atoms with Crippen molar-refractivity contribution >= 4 is 39.9 Å². The molecule has 5 rings (SSSR count). The molecule has 0 saturated carbocycles. The van der Waals surface area contributed by atoms with Crippen LogP contribution in [0.1, 0.15) is 34.3 Å². The Hall–Kier alpha value is -3.48. The van der Waals surface area contributed by atoms with Crippen LogP contribution in [0.4, 0.5) is 5.69 Å². The highest BCUT2D eigenvalue weighted by atomic mass is 35.5. The summed E-state index contributed by atoms with van der Waals surface area (Å²) in [5, 5.41) is 13.2. The average Bonchev–Trinajstić information content (AvgIpc) is 3.32. The molecular formula is C26H22ClN3O3. The fraction of sp³-hybridized carbons (Fsp3) is 0.192. The van der Waals surface area contributed by atoms with Crippen LogP contribution in [-0.4, -0.2) is 33.3 Å². The van der Waals surface area contributed by atoms with E-state index >= 15 is 0 Å². The number of nitrogens with zero attached hydrogens (tertiary/aromatic N) is 2. The number of halogens is 1. The van der Waals surface area contributed by atoms with Crippen LogP contribution in [0.25, 0.3) is 10.9 Å². The molecule has 2 aromatic carbocycles. The Morgan fingerprint density at radius 2 is 2.00 bits per heavy atom. The molecule has 3 heterocycles. The number of hydrogen-bond donors (Lipinski definition) is 2. The first-order chi connectivity index (χ1) is 16.0. The number of fused-ring (bicyclic) bond motifs is 2. The highest BCUT2D eigenvalue weighted by Crippen LogP contribution is 2.43. The summed E-state index contributed by atoms with van der Waals surface area (Å²) in [6, 6.07) is 16.1. The number of pyridine rings is 1. The molecule has 0 saturated heterocycles. The number of benzene rings is 2. The normalized spacial score (nSPS) is 17.5. The lowest BCUT2D eigenvalue weighted by molar-refractivity contribution is -0.135. The third-order valence-corrected chi connectivity index (χ3v) is 6.43. The smallest absolute Gasteiger partial charge is 0.264 e. The summed E-state index contributed by atoms with van der Waals surface area (Å²) in [4.78, 5) is 35.0. The molecule has 0 aliphatic carbocycles. The number of carbonyl (C=O) groups is 2. The fourth-order valence-electron chi connectivity index (χ4n) is 4.55. The minimum absolute atomic E-state index is 0.327. The molecule has 0 radical (unpaired) electrons. The van der Waals surface area contributed by atoms with Gasteiger partial charge in [0, 0.05) is 52.2 Å². The van der Waals surface area contributed by atoms with Crippen LogP contribution in [0.15, 0.2) is 73.2 Å². The molecule has 0 fully saturated rings. The second kappa shape index (κ2) is 8.46. The van der Waals surface area contributed by atoms with Crippen molar-refractivity contribution in [3.63, 3.8) is 0 Å². The SMILES string of the molecule is O=C(C[C@]1(O)C(=O)N(CCCc2c[nH]c3ccc(Cl)cc23)c2ccccc21)c1cccnc1. The van der Waals surface area contributed by atoms with E-state index < -0.39 is 11.5 Å². The van der Waals surface area contributed by atoms with E-state index in [1.165, 1.54) is 6.20 Å². The molecule has 2 aromatic heterocycles. The van der Waals surface area contributed by atoms with Crippen molar-refractivity contribution in [2.45, 2.75) is 24.9 Å². The van der Waals surface area contributed by atoms with E-state index in [0.717, 1.165) is 22.9 Å². The molecule has 166 valence electrons. The lowest BCUT2D eigenvalue weighted by Crippen LogP contribution is -2.42. The number of H-pyrrole nitrogens is 1. The molecule has 1 atom stereocenters. The summed E-state index contributed by atoms with van der Waals surface area (Å²) < 4.78 is 0. The number of Topliss-reactive ketones (excluding diaryl/α,β-unsaturated/α-hetero) is 1. The molecular weight excluding hydrogens is 438 g/mol. The summed E-state index contributed by atoms with van der Waals surface area (Å²) in [6.45, 7) is 0.423. The number of amides is 1. The Labute approximate surface area is 195 Å². The Kier molecular flexibility index (Phi) is 5.48. The number of aromatic amines is 1. The maximum absolute atomic E-state index is 13.4. The number of para-hydroxylation sites is 1. The van der Waals surface area contributed by atoms with Gasteiger partial charge in [-0.1, -0.05) is 29.8 Å². The van der Waals surface area contributed by atoms with Crippen LogP contribution < -0.4 is 4.90 Å². The lowest BCUT2D eigenvalue weighted by atomic mass is 9.88. The summed E-state index contributed by atoms with van der Waals surface area (Å²) in [5.41, 5.74) is 1.72. The zero-order valence-corrected chi connectivity index (χ0v) is 18.5. The van der Waals surface area contributed by atoms with Crippen molar-refractivity contribution in [1.29, 1.82) is 0 Å². The first-order valence-corrected chi connectivity index (χ1v) is 11.2. The van der Waals surface area contributed by atoms with Crippen molar-refractivity contribution in [3.05, 3.63) is 94.9 Å². The van der Waals surface area contributed by atoms with E-state index in [1.54, 1.807) is 35.4 Å². The van der Waals surface area contributed by atoms with Crippen molar-refractivity contribution in [2.75, 3.05) is 11.4 Å². The van der Waals surface area contributed by atoms with Gasteiger partial charge in [-0.05, 0) is 54.8 Å². The molecule has 6 nitrogen and oxygen atoms in total. The number of carbonyl (C=O) groups excluding carboxylic acids is 2. The molecule has 2 N–H and O–H groups in total. The Bertz CT molecular complexity index is 1350. The highest BCUT2D eigenvalue weighted by Gasteiger charge is 2.50. The Morgan fingerprint density at radius 3 is 2.82 bits per heavy atom. The largest absolute Gasteiger partial charge is 0.375 e. The van der Waals surface area contributed by atoms with Crippen LogP contribution in [0.5, 0.6) is 0 Å². The molecule has 0 spiro atoms. The molecule has 1 aliphatic heterocycles. The first-order valence-electron chi connectivity index (χ1n) is 10.8. The minimum Gasteiger partial charge on any atom is -0.375 e. The van der Waals surface area contributed by atoms with Gasteiger partial charge in [-0.3, -0.25) is 14.6 Å². The van der Waals surface area contributed by atoms with E-state index in [0.29, 0.717) is 34.8 Å². The quantitative estimate of drug-likeness (QED) is 0.394. The lowest BCUT2D eigenvalue weighted by Gasteiger charge is -2.22. The van der Waals surface area contributed by atoms with Crippen molar-refractivity contribution in [2.24, 2.45) is 0 Å². The maximum atomic E-state index is 13.4. The number of rotatable bonds is 7. The number of aromatic nitrogens is 2. The van der Waals surface area contributed by atoms with Gasteiger partial charge in [0.2, 0.25) is 0 Å². The van der Waals surface area contributed by atoms with E-state index in [1.807, 2.05) is 36.5 Å². The predicted molar refractivity (Wildman–Crippen MR) is 128 cm³/mol. The van der Waals surface area contributed by atoms with Gasteiger partial charge in [-0.25, -0.2) is 0 Å². The minimum atomic E-state index is -1.89. The number of ketones is 1. The monoisotopic (exact) mass is 459 g/mol. The summed E-state index contributed by atoms with van der Waals surface area (Å²) in [5.74, 6) is -0.797. The van der Waals surface area contributed by atoms with Crippen LogP contribution in [0.2, 0.25) is 5.02 Å². The van der Waals surface area contributed by atoms with E-state index in [9.17, 15) is 14.7 Å². The van der Waals surface area contributed by atoms with Gasteiger partial charge in [0.15, 0.2) is 11.4 Å². The van der Waals surface area contributed by atoms with Crippen molar-refractivity contribution in [1.82, 2.24) is 9.97 Å². The number of aliphatic hydroxyl groups is 1. The van der Waals surface area contributed by atoms with Crippen LogP contribution in [0, 0.1) is 0 Å². The number of aryl methyl sites for hydroxylation is 1. The van der Waals surface area contributed by atoms with Gasteiger partial charge in [0.25, 0.3) is 5.91 Å². The molecule has 0 unspecified atom stereocenters. The van der Waals surface area contributed by atoms with E-state index in [2.05, 4.69) is 9.97 Å². The number of hydrogen-bond acceptors (Lipinski definition) is 4. The van der Waals surface area contributed by atoms with Crippen LogP contribution in [0.3, 0.4) is 0 Å². The number of anilines is 1. The highest BCUT2D eigenvalue weighted by molar-refractivity contribution is 6.31. The number of nitrogens with one attached hydrogen (secondary N) is 1. The molecule has 0 bridgehead atoms. The molecule has 1 amide bonds. The molecule has 1 aliphatic rings. The Balaban J connectivity index is 1.36. The second-order valence-corrected chi connectivity index (χ2v) is 8.72. The third kappa shape index (κ3) is 3.81. The zero-order valence-electron chi connectivity index (χ0n) is 17.8. The topological polar surface area (TPSA) is 86.3 Å². The van der Waals surface area contributed by atoms with Crippen LogP contribution in [-0.2, 0) is 16.8 Å². The van der Waals surface area contributed by atoms with E-state index in [-0.39, 0.29) is 12.2 Å². The first kappa shape index (κ1) is 21.4.